The van der Waals surface area contributed by atoms with E-state index < -0.39 is 23.9 Å². The molecule has 0 saturated carbocycles. The van der Waals surface area contributed by atoms with Crippen molar-refractivity contribution in [2.24, 2.45) is 5.73 Å². The molecule has 1 aliphatic carbocycles. The third-order valence-corrected chi connectivity index (χ3v) is 6.43. The summed E-state index contributed by atoms with van der Waals surface area (Å²) in [5, 5.41) is 4.68. The molecular weight excluding hydrogens is 390 g/mol. The third-order valence-electron chi connectivity index (χ3n) is 4.35. The maximum Gasteiger partial charge on any atom is 0.326 e. The number of carbonyl (C=O) groups excluding carboxylic acids is 3. The molecule has 2 heterocycles. The van der Waals surface area contributed by atoms with Crippen LogP contribution in [0, 0.1) is 6.92 Å². The molecule has 144 valence electrons. The van der Waals surface area contributed by atoms with Crippen molar-refractivity contribution in [3.63, 3.8) is 0 Å². The molecule has 0 radical (unpaired) electrons. The summed E-state index contributed by atoms with van der Waals surface area (Å²) in [5.74, 6) is -1.83. The Morgan fingerprint density at radius 2 is 2.11 bits per heavy atom. The third kappa shape index (κ3) is 3.96. The Balaban J connectivity index is 1.65. The van der Waals surface area contributed by atoms with Crippen LogP contribution in [-0.4, -0.2) is 28.5 Å². The van der Waals surface area contributed by atoms with Crippen LogP contribution in [0.3, 0.4) is 0 Å². The van der Waals surface area contributed by atoms with E-state index in [9.17, 15) is 19.2 Å². The Bertz CT molecular complexity index is 972. The van der Waals surface area contributed by atoms with Gasteiger partial charge in [0.1, 0.15) is 11.5 Å². The number of hydrogen-bond acceptors (Lipinski definition) is 7. The lowest BCUT2D eigenvalue weighted by Crippen LogP contribution is -2.32. The molecule has 2 amide bonds. The zero-order chi connectivity index (χ0) is 19.7. The standard InChI is InChI=1S/C17H19N3O5S2/c1-8-7-26-17(24)20(8)6-12(21)25-9(2)15(23)19-16-13(14(18)22)10-4-3-5-11(10)27-16/h7,9H,3-6H2,1-2H3,(H2,18,22)(H,19,23)/t9-/m1/s1. The first-order valence-electron chi connectivity index (χ1n) is 8.37. The van der Waals surface area contributed by atoms with Crippen molar-refractivity contribution >= 4 is 45.5 Å². The van der Waals surface area contributed by atoms with Crippen LogP contribution < -0.4 is 15.9 Å². The van der Waals surface area contributed by atoms with E-state index in [1.807, 2.05) is 0 Å². The number of aromatic nitrogens is 1. The summed E-state index contributed by atoms with van der Waals surface area (Å²) in [6.45, 7) is 2.88. The number of thiazole rings is 1. The van der Waals surface area contributed by atoms with E-state index in [1.54, 1.807) is 12.3 Å². The molecule has 10 heteroatoms. The van der Waals surface area contributed by atoms with Gasteiger partial charge >= 0.3 is 10.8 Å². The molecule has 27 heavy (non-hydrogen) atoms. The number of hydrogen-bond donors (Lipinski definition) is 2. The van der Waals surface area contributed by atoms with Gasteiger partial charge in [-0.2, -0.15) is 0 Å². The van der Waals surface area contributed by atoms with Gasteiger partial charge in [-0.25, -0.2) is 0 Å². The fraction of sp³-hybridized carbons (Fsp3) is 0.412. The topological polar surface area (TPSA) is 120 Å². The fourth-order valence-electron chi connectivity index (χ4n) is 2.98. The van der Waals surface area contributed by atoms with Crippen LogP contribution in [-0.2, 0) is 33.7 Å². The van der Waals surface area contributed by atoms with Crippen LogP contribution in [0.5, 0.6) is 0 Å². The monoisotopic (exact) mass is 409 g/mol. The summed E-state index contributed by atoms with van der Waals surface area (Å²) in [5.41, 5.74) is 7.37. The van der Waals surface area contributed by atoms with E-state index in [2.05, 4.69) is 5.32 Å². The van der Waals surface area contributed by atoms with Gasteiger partial charge in [0.25, 0.3) is 11.8 Å². The Morgan fingerprint density at radius 3 is 2.74 bits per heavy atom. The van der Waals surface area contributed by atoms with Crippen molar-refractivity contribution in [1.29, 1.82) is 0 Å². The smallest absolute Gasteiger partial charge is 0.326 e. The molecule has 0 fully saturated rings. The zero-order valence-electron chi connectivity index (χ0n) is 14.9. The number of anilines is 1. The van der Waals surface area contributed by atoms with Gasteiger partial charge in [0, 0.05) is 16.0 Å². The molecule has 0 bridgehead atoms. The average molecular weight is 409 g/mol. The van der Waals surface area contributed by atoms with Crippen LogP contribution in [0.1, 0.15) is 39.8 Å². The molecule has 0 spiro atoms. The van der Waals surface area contributed by atoms with E-state index >= 15 is 0 Å². The Labute approximate surface area is 162 Å². The molecule has 0 saturated heterocycles. The molecule has 3 N–H and O–H groups in total. The first-order chi connectivity index (χ1) is 12.8. The number of esters is 1. The Kier molecular flexibility index (Phi) is 5.47. The van der Waals surface area contributed by atoms with Crippen molar-refractivity contribution in [3.05, 3.63) is 36.7 Å². The second kappa shape index (κ2) is 7.65. The summed E-state index contributed by atoms with van der Waals surface area (Å²) in [4.78, 5) is 48.6. The summed E-state index contributed by atoms with van der Waals surface area (Å²) in [6.07, 6.45) is 1.50. The first kappa shape index (κ1) is 19.3. The van der Waals surface area contributed by atoms with Crippen molar-refractivity contribution in [2.45, 2.75) is 45.8 Å². The molecule has 1 aliphatic rings. The largest absolute Gasteiger partial charge is 0.451 e. The number of rotatable bonds is 6. The minimum atomic E-state index is -1.08. The van der Waals surface area contributed by atoms with E-state index in [0.717, 1.165) is 41.0 Å². The first-order valence-corrected chi connectivity index (χ1v) is 10.1. The number of ether oxygens (including phenoxy) is 1. The van der Waals surface area contributed by atoms with Gasteiger partial charge < -0.3 is 15.8 Å². The maximum atomic E-state index is 12.4. The molecule has 0 aromatic carbocycles. The van der Waals surface area contributed by atoms with Crippen molar-refractivity contribution in [3.8, 4) is 0 Å². The Morgan fingerprint density at radius 1 is 1.37 bits per heavy atom. The van der Waals surface area contributed by atoms with Crippen LogP contribution in [0.4, 0.5) is 5.00 Å². The highest BCUT2D eigenvalue weighted by atomic mass is 32.1. The lowest BCUT2D eigenvalue weighted by Gasteiger charge is -2.14. The highest BCUT2D eigenvalue weighted by Gasteiger charge is 2.28. The highest BCUT2D eigenvalue weighted by Crippen LogP contribution is 2.38. The van der Waals surface area contributed by atoms with Gasteiger partial charge in [-0.05, 0) is 38.7 Å². The predicted molar refractivity (Wildman–Crippen MR) is 102 cm³/mol. The maximum absolute atomic E-state index is 12.4. The van der Waals surface area contributed by atoms with Gasteiger partial charge in [-0.15, -0.1) is 11.3 Å². The van der Waals surface area contributed by atoms with E-state index in [4.69, 9.17) is 10.5 Å². The number of nitrogens with two attached hydrogens (primary N) is 1. The molecular formula is C17H19N3O5S2. The van der Waals surface area contributed by atoms with E-state index in [-0.39, 0.29) is 11.4 Å². The van der Waals surface area contributed by atoms with Crippen LogP contribution in [0.2, 0.25) is 0 Å². The quantitative estimate of drug-likeness (QED) is 0.700. The molecule has 2 aromatic heterocycles. The number of fused-ring (bicyclic) bond motifs is 1. The molecule has 1 atom stereocenters. The second-order valence-electron chi connectivity index (χ2n) is 6.28. The number of primary amides is 1. The Hall–Kier alpha value is -2.46. The van der Waals surface area contributed by atoms with Crippen molar-refractivity contribution in [2.75, 3.05) is 5.32 Å². The number of nitrogens with one attached hydrogen (secondary N) is 1. The van der Waals surface area contributed by atoms with Crippen LogP contribution in [0.25, 0.3) is 0 Å². The number of nitrogens with zero attached hydrogens (tertiary/aromatic N) is 1. The van der Waals surface area contributed by atoms with Gasteiger partial charge in [0.15, 0.2) is 6.10 Å². The van der Waals surface area contributed by atoms with Crippen LogP contribution >= 0.6 is 22.7 Å². The molecule has 8 nitrogen and oxygen atoms in total. The average Bonchev–Trinajstić information content (AvgIpc) is 3.24. The zero-order valence-corrected chi connectivity index (χ0v) is 16.5. The molecule has 0 unspecified atom stereocenters. The van der Waals surface area contributed by atoms with Crippen LogP contribution in [0.15, 0.2) is 10.2 Å². The number of carbonyl (C=O) groups is 3. The van der Waals surface area contributed by atoms with E-state index in [0.29, 0.717) is 16.3 Å². The lowest BCUT2D eigenvalue weighted by atomic mass is 10.1. The summed E-state index contributed by atoms with van der Waals surface area (Å²) >= 11 is 2.33. The van der Waals surface area contributed by atoms with Gasteiger partial charge in [-0.3, -0.25) is 23.7 Å². The number of thiophene rings is 1. The minimum absolute atomic E-state index is 0.258. The lowest BCUT2D eigenvalue weighted by molar-refractivity contribution is -0.153. The summed E-state index contributed by atoms with van der Waals surface area (Å²) in [7, 11) is 0. The molecule has 2 aromatic rings. The molecule has 3 rings (SSSR count). The normalized spacial score (nSPS) is 13.9. The van der Waals surface area contributed by atoms with Crippen molar-refractivity contribution < 1.29 is 19.1 Å². The minimum Gasteiger partial charge on any atom is -0.451 e. The highest BCUT2D eigenvalue weighted by molar-refractivity contribution is 7.17. The fourth-order valence-corrected chi connectivity index (χ4v) is 5.01. The summed E-state index contributed by atoms with van der Waals surface area (Å²) < 4.78 is 6.41. The van der Waals surface area contributed by atoms with Gasteiger partial charge in [0.05, 0.1) is 5.56 Å². The van der Waals surface area contributed by atoms with Crippen molar-refractivity contribution in [1.82, 2.24) is 4.57 Å². The number of amides is 2. The summed E-state index contributed by atoms with van der Waals surface area (Å²) in [6, 6.07) is 0. The molecule has 0 aliphatic heterocycles. The van der Waals surface area contributed by atoms with Gasteiger partial charge in [-0.1, -0.05) is 11.3 Å². The predicted octanol–water partition coefficient (Wildman–Crippen LogP) is 1.44. The number of aryl methyl sites for hydroxylation is 2. The second-order valence-corrected chi connectivity index (χ2v) is 8.20. The SMILES string of the molecule is Cc1csc(=O)n1CC(=O)O[C@H](C)C(=O)Nc1sc2c(c1C(N)=O)CCC2. The van der Waals surface area contributed by atoms with Gasteiger partial charge in [0.2, 0.25) is 0 Å². The van der Waals surface area contributed by atoms with E-state index in [1.165, 1.54) is 22.8 Å².